The third-order valence-corrected chi connectivity index (χ3v) is 4.92. The van der Waals surface area contributed by atoms with Crippen molar-refractivity contribution in [3.63, 3.8) is 0 Å². The van der Waals surface area contributed by atoms with Gasteiger partial charge in [0.1, 0.15) is 6.54 Å². The van der Waals surface area contributed by atoms with Gasteiger partial charge in [0.05, 0.1) is 17.2 Å². The van der Waals surface area contributed by atoms with Crippen LogP contribution in [0, 0.1) is 0 Å². The largest absolute Gasteiger partial charge is 0.465 e. The van der Waals surface area contributed by atoms with Gasteiger partial charge in [-0.1, -0.05) is 47.6 Å². The lowest BCUT2D eigenvalue weighted by Gasteiger charge is -2.29. The van der Waals surface area contributed by atoms with Gasteiger partial charge in [0.25, 0.3) is 5.91 Å². The van der Waals surface area contributed by atoms with Gasteiger partial charge >= 0.3 is 5.97 Å². The SMILES string of the molecule is CCOC(=O)CN1C(=O)/C(=C/c2ccc(Cl)cc2)Sc2ccccc21. The molecule has 2 aromatic rings. The van der Waals surface area contributed by atoms with E-state index in [1.54, 1.807) is 25.1 Å². The number of carbonyl (C=O) groups excluding carboxylic acids is 2. The number of hydrogen-bond acceptors (Lipinski definition) is 4. The van der Waals surface area contributed by atoms with Gasteiger partial charge in [-0.15, -0.1) is 0 Å². The Morgan fingerprint density at radius 3 is 2.64 bits per heavy atom. The lowest BCUT2D eigenvalue weighted by atomic mass is 10.2. The lowest BCUT2D eigenvalue weighted by molar-refractivity contribution is -0.142. The predicted octanol–water partition coefficient (Wildman–Crippen LogP) is 4.38. The zero-order chi connectivity index (χ0) is 17.8. The Morgan fingerprint density at radius 2 is 1.92 bits per heavy atom. The summed E-state index contributed by atoms with van der Waals surface area (Å²) in [5.41, 5.74) is 1.59. The van der Waals surface area contributed by atoms with Crippen molar-refractivity contribution >= 4 is 47.0 Å². The van der Waals surface area contributed by atoms with Crippen LogP contribution >= 0.6 is 23.4 Å². The van der Waals surface area contributed by atoms with Crippen LogP contribution in [0.25, 0.3) is 6.08 Å². The quantitative estimate of drug-likeness (QED) is 0.589. The van der Waals surface area contributed by atoms with E-state index in [2.05, 4.69) is 0 Å². The van der Waals surface area contributed by atoms with Crippen LogP contribution in [0.2, 0.25) is 5.02 Å². The smallest absolute Gasteiger partial charge is 0.326 e. The monoisotopic (exact) mass is 373 g/mol. The molecule has 25 heavy (non-hydrogen) atoms. The number of ether oxygens (including phenoxy) is 1. The first kappa shape index (κ1) is 17.6. The highest BCUT2D eigenvalue weighted by Gasteiger charge is 2.30. The molecule has 0 atom stereocenters. The molecule has 1 aliphatic rings. The molecule has 1 amide bonds. The minimum Gasteiger partial charge on any atom is -0.465 e. The summed E-state index contributed by atoms with van der Waals surface area (Å²) in [6.07, 6.45) is 1.80. The number of fused-ring (bicyclic) bond motifs is 1. The van der Waals surface area contributed by atoms with Crippen LogP contribution in [0.1, 0.15) is 12.5 Å². The first-order valence-corrected chi connectivity index (χ1v) is 8.99. The number of amides is 1. The number of carbonyl (C=O) groups is 2. The molecule has 1 aliphatic heterocycles. The van der Waals surface area contributed by atoms with Crippen molar-refractivity contribution in [2.75, 3.05) is 18.1 Å². The summed E-state index contributed by atoms with van der Waals surface area (Å²) in [5, 5.41) is 0.638. The average Bonchev–Trinajstić information content (AvgIpc) is 2.60. The van der Waals surface area contributed by atoms with E-state index in [9.17, 15) is 9.59 Å². The molecule has 2 aromatic carbocycles. The van der Waals surface area contributed by atoms with Crippen LogP contribution in [-0.2, 0) is 14.3 Å². The zero-order valence-corrected chi connectivity index (χ0v) is 15.1. The Hall–Kier alpha value is -2.24. The first-order chi connectivity index (χ1) is 12.1. The van der Waals surface area contributed by atoms with Gasteiger partial charge in [-0.3, -0.25) is 14.5 Å². The number of hydrogen-bond donors (Lipinski definition) is 0. The Bertz CT molecular complexity index is 833. The van der Waals surface area contributed by atoms with Crippen molar-refractivity contribution in [1.82, 2.24) is 0 Å². The van der Waals surface area contributed by atoms with E-state index in [-0.39, 0.29) is 19.1 Å². The Labute approximate surface area is 155 Å². The number of halogens is 1. The van der Waals surface area contributed by atoms with Gasteiger partial charge in [0.2, 0.25) is 0 Å². The van der Waals surface area contributed by atoms with E-state index in [1.807, 2.05) is 36.4 Å². The van der Waals surface area contributed by atoms with Crippen LogP contribution in [0.5, 0.6) is 0 Å². The highest BCUT2D eigenvalue weighted by molar-refractivity contribution is 8.04. The molecule has 4 nitrogen and oxygen atoms in total. The van der Waals surface area contributed by atoms with Gasteiger partial charge in [-0.2, -0.15) is 0 Å². The summed E-state index contributed by atoms with van der Waals surface area (Å²) in [4.78, 5) is 27.7. The molecule has 0 saturated carbocycles. The Balaban J connectivity index is 1.96. The Kier molecular flexibility index (Phi) is 5.46. The molecule has 6 heteroatoms. The van der Waals surface area contributed by atoms with Crippen molar-refractivity contribution in [3.05, 3.63) is 64.0 Å². The van der Waals surface area contributed by atoms with Crippen LogP contribution in [0.3, 0.4) is 0 Å². The number of rotatable bonds is 4. The molecular weight excluding hydrogens is 358 g/mol. The van der Waals surface area contributed by atoms with Gasteiger partial charge in [0, 0.05) is 9.92 Å². The summed E-state index contributed by atoms with van der Waals surface area (Å²) in [5.74, 6) is -0.643. The molecule has 3 rings (SSSR count). The summed E-state index contributed by atoms with van der Waals surface area (Å²) < 4.78 is 5.00. The molecule has 0 N–H and O–H groups in total. The van der Waals surface area contributed by atoms with E-state index in [1.165, 1.54) is 16.7 Å². The molecule has 1 heterocycles. The van der Waals surface area contributed by atoms with E-state index < -0.39 is 5.97 Å². The summed E-state index contributed by atoms with van der Waals surface area (Å²) >= 11 is 7.30. The number of benzene rings is 2. The Morgan fingerprint density at radius 1 is 1.20 bits per heavy atom. The molecule has 0 bridgehead atoms. The number of thioether (sulfide) groups is 1. The summed E-state index contributed by atoms with van der Waals surface area (Å²) in [7, 11) is 0. The zero-order valence-electron chi connectivity index (χ0n) is 13.6. The van der Waals surface area contributed by atoms with Crippen molar-refractivity contribution in [2.45, 2.75) is 11.8 Å². The van der Waals surface area contributed by atoms with Crippen LogP contribution < -0.4 is 4.90 Å². The fourth-order valence-electron chi connectivity index (χ4n) is 2.47. The number of para-hydroxylation sites is 1. The van der Waals surface area contributed by atoms with E-state index in [0.717, 1.165) is 16.1 Å². The standard InChI is InChI=1S/C19H16ClNO3S/c1-2-24-18(22)12-21-15-5-3-4-6-16(15)25-17(19(21)23)11-13-7-9-14(20)10-8-13/h3-11H,2,12H2,1H3/b17-11-. The fraction of sp³-hybridized carbons (Fsp3) is 0.158. The minimum absolute atomic E-state index is 0.109. The minimum atomic E-state index is -0.427. The topological polar surface area (TPSA) is 46.6 Å². The normalized spacial score (nSPS) is 15.2. The first-order valence-electron chi connectivity index (χ1n) is 7.80. The molecular formula is C19H16ClNO3S. The average molecular weight is 374 g/mol. The van der Waals surface area contributed by atoms with Crippen LogP contribution in [0.4, 0.5) is 5.69 Å². The van der Waals surface area contributed by atoms with E-state index in [4.69, 9.17) is 16.3 Å². The van der Waals surface area contributed by atoms with Crippen molar-refractivity contribution in [2.24, 2.45) is 0 Å². The molecule has 0 saturated heterocycles. The second kappa shape index (κ2) is 7.76. The van der Waals surface area contributed by atoms with Gasteiger partial charge in [-0.25, -0.2) is 0 Å². The van der Waals surface area contributed by atoms with Crippen LogP contribution in [-0.4, -0.2) is 25.0 Å². The van der Waals surface area contributed by atoms with Crippen molar-refractivity contribution in [1.29, 1.82) is 0 Å². The third-order valence-electron chi connectivity index (χ3n) is 3.59. The van der Waals surface area contributed by atoms with E-state index >= 15 is 0 Å². The maximum Gasteiger partial charge on any atom is 0.326 e. The van der Waals surface area contributed by atoms with Gasteiger partial charge < -0.3 is 4.74 Å². The maximum atomic E-state index is 12.9. The second-order valence-corrected chi connectivity index (χ2v) is 6.85. The van der Waals surface area contributed by atoms with E-state index in [0.29, 0.717) is 9.93 Å². The van der Waals surface area contributed by atoms with Crippen molar-refractivity contribution < 1.29 is 14.3 Å². The molecule has 0 radical (unpaired) electrons. The van der Waals surface area contributed by atoms with Crippen LogP contribution in [0.15, 0.2) is 58.3 Å². The molecule has 0 aromatic heterocycles. The van der Waals surface area contributed by atoms with Crippen molar-refractivity contribution in [3.8, 4) is 0 Å². The lowest BCUT2D eigenvalue weighted by Crippen LogP contribution is -2.39. The summed E-state index contributed by atoms with van der Waals surface area (Å²) in [6, 6.07) is 14.8. The maximum absolute atomic E-state index is 12.9. The number of anilines is 1. The molecule has 0 aliphatic carbocycles. The predicted molar refractivity (Wildman–Crippen MR) is 101 cm³/mol. The molecule has 0 spiro atoms. The molecule has 0 unspecified atom stereocenters. The highest BCUT2D eigenvalue weighted by atomic mass is 35.5. The third kappa shape index (κ3) is 4.06. The molecule has 128 valence electrons. The fourth-order valence-corrected chi connectivity index (χ4v) is 3.65. The summed E-state index contributed by atoms with van der Waals surface area (Å²) in [6.45, 7) is 1.92. The number of esters is 1. The second-order valence-electron chi connectivity index (χ2n) is 5.33. The molecule has 0 fully saturated rings. The number of nitrogens with zero attached hydrogens (tertiary/aromatic N) is 1. The van der Waals surface area contributed by atoms with Gasteiger partial charge in [-0.05, 0) is 42.8 Å². The van der Waals surface area contributed by atoms with Gasteiger partial charge in [0.15, 0.2) is 0 Å². The highest BCUT2D eigenvalue weighted by Crippen LogP contribution is 2.41.